The van der Waals surface area contributed by atoms with Gasteiger partial charge in [0.25, 0.3) is 5.56 Å². The van der Waals surface area contributed by atoms with E-state index >= 15 is 0 Å². The molecule has 1 atom stereocenters. The van der Waals surface area contributed by atoms with Gasteiger partial charge in [0.15, 0.2) is 0 Å². The third-order valence-corrected chi connectivity index (χ3v) is 2.83. The van der Waals surface area contributed by atoms with E-state index in [4.69, 9.17) is 11.6 Å². The van der Waals surface area contributed by atoms with E-state index < -0.39 is 24.4 Å². The van der Waals surface area contributed by atoms with Gasteiger partial charge in [0.05, 0.1) is 18.0 Å². The SMILES string of the molecule is CCCC(O)CNc1cnn(CC(F)(F)F)c(=O)c1Cl. The van der Waals surface area contributed by atoms with Crippen LogP contribution < -0.4 is 10.9 Å². The first-order valence-corrected chi connectivity index (χ1v) is 6.36. The molecule has 0 aliphatic rings. The smallest absolute Gasteiger partial charge is 0.391 e. The first-order chi connectivity index (χ1) is 9.24. The van der Waals surface area contributed by atoms with Crippen LogP contribution in [0.5, 0.6) is 0 Å². The molecule has 0 bridgehead atoms. The van der Waals surface area contributed by atoms with Crippen LogP contribution in [0.15, 0.2) is 11.0 Å². The predicted octanol–water partition coefficient (Wildman–Crippen LogP) is 2.03. The number of rotatable bonds is 6. The zero-order chi connectivity index (χ0) is 15.3. The molecule has 0 radical (unpaired) electrons. The van der Waals surface area contributed by atoms with Crippen molar-refractivity contribution in [2.45, 2.75) is 38.6 Å². The van der Waals surface area contributed by atoms with Gasteiger partial charge in [0, 0.05) is 6.54 Å². The molecule has 20 heavy (non-hydrogen) atoms. The summed E-state index contributed by atoms with van der Waals surface area (Å²) in [6, 6.07) is 0. The Hall–Kier alpha value is -1.28. The van der Waals surface area contributed by atoms with Crippen LogP contribution in [-0.2, 0) is 6.54 Å². The molecule has 0 amide bonds. The summed E-state index contributed by atoms with van der Waals surface area (Å²) in [5.74, 6) is 0. The molecular formula is C11H15ClF3N3O2. The molecule has 0 saturated heterocycles. The third-order valence-electron chi connectivity index (χ3n) is 2.46. The van der Waals surface area contributed by atoms with Gasteiger partial charge in [-0.15, -0.1) is 0 Å². The molecule has 0 aliphatic carbocycles. The summed E-state index contributed by atoms with van der Waals surface area (Å²) in [5, 5.41) is 15.2. The van der Waals surface area contributed by atoms with Gasteiger partial charge in [-0.25, -0.2) is 4.68 Å². The number of alkyl halides is 3. The maximum absolute atomic E-state index is 12.2. The maximum Gasteiger partial charge on any atom is 0.408 e. The second-order valence-corrected chi connectivity index (χ2v) is 4.65. The average Bonchev–Trinajstić information content (AvgIpc) is 2.33. The maximum atomic E-state index is 12.2. The predicted molar refractivity (Wildman–Crippen MR) is 69.0 cm³/mol. The minimum absolute atomic E-state index is 0.102. The van der Waals surface area contributed by atoms with Crippen LogP contribution in [0, 0.1) is 0 Å². The fourth-order valence-corrected chi connectivity index (χ4v) is 1.75. The summed E-state index contributed by atoms with van der Waals surface area (Å²) in [4.78, 5) is 11.6. The molecule has 1 aromatic rings. The number of aliphatic hydroxyl groups is 1. The summed E-state index contributed by atoms with van der Waals surface area (Å²) < 4.78 is 36.8. The molecule has 0 aliphatic heterocycles. The van der Waals surface area contributed by atoms with E-state index in [9.17, 15) is 23.1 Å². The summed E-state index contributed by atoms with van der Waals surface area (Å²) in [6.07, 6.45) is -2.81. The van der Waals surface area contributed by atoms with Crippen molar-refractivity contribution < 1.29 is 18.3 Å². The van der Waals surface area contributed by atoms with Crippen LogP contribution in [-0.4, -0.2) is 33.7 Å². The standard InChI is InChI=1S/C11H15ClF3N3O2/c1-2-3-7(19)4-16-8-5-17-18(6-11(13,14)15)10(20)9(8)12/h5,7,16,19H,2-4,6H2,1H3. The summed E-state index contributed by atoms with van der Waals surface area (Å²) in [6.45, 7) is 0.540. The third kappa shape index (κ3) is 5.01. The molecule has 1 unspecified atom stereocenters. The lowest BCUT2D eigenvalue weighted by Crippen LogP contribution is -2.31. The van der Waals surface area contributed by atoms with Crippen molar-refractivity contribution in [3.8, 4) is 0 Å². The second-order valence-electron chi connectivity index (χ2n) is 4.27. The molecule has 2 N–H and O–H groups in total. The van der Waals surface area contributed by atoms with Crippen molar-refractivity contribution in [1.82, 2.24) is 9.78 Å². The summed E-state index contributed by atoms with van der Waals surface area (Å²) >= 11 is 5.70. The highest BCUT2D eigenvalue weighted by atomic mass is 35.5. The van der Waals surface area contributed by atoms with E-state index in [-0.39, 0.29) is 21.9 Å². The fraction of sp³-hybridized carbons (Fsp3) is 0.636. The molecule has 0 aromatic carbocycles. The monoisotopic (exact) mass is 313 g/mol. The summed E-state index contributed by atoms with van der Waals surface area (Å²) in [5.41, 5.74) is -0.927. The van der Waals surface area contributed by atoms with E-state index in [1.165, 1.54) is 0 Å². The van der Waals surface area contributed by atoms with E-state index in [2.05, 4.69) is 10.4 Å². The normalized spacial score (nSPS) is 13.3. The van der Waals surface area contributed by atoms with E-state index in [1.54, 1.807) is 0 Å². The van der Waals surface area contributed by atoms with Gasteiger partial charge in [-0.3, -0.25) is 4.79 Å². The Labute approximate surface area is 118 Å². The van der Waals surface area contributed by atoms with Crippen molar-refractivity contribution in [1.29, 1.82) is 0 Å². The first kappa shape index (κ1) is 16.8. The fourth-order valence-electron chi connectivity index (χ4n) is 1.53. The van der Waals surface area contributed by atoms with Crippen LogP contribution in [0.25, 0.3) is 0 Å². The lowest BCUT2D eigenvalue weighted by atomic mass is 10.2. The zero-order valence-corrected chi connectivity index (χ0v) is 11.5. The van der Waals surface area contributed by atoms with Crippen molar-refractivity contribution >= 4 is 17.3 Å². The number of aliphatic hydroxyl groups excluding tert-OH is 1. The van der Waals surface area contributed by atoms with Crippen molar-refractivity contribution in [3.63, 3.8) is 0 Å². The lowest BCUT2D eigenvalue weighted by Gasteiger charge is -2.14. The highest BCUT2D eigenvalue weighted by Crippen LogP contribution is 2.19. The molecule has 0 spiro atoms. The Morgan fingerprint density at radius 1 is 1.55 bits per heavy atom. The van der Waals surface area contributed by atoms with Crippen molar-refractivity contribution in [3.05, 3.63) is 21.6 Å². The minimum atomic E-state index is -4.55. The van der Waals surface area contributed by atoms with Gasteiger partial charge >= 0.3 is 6.18 Å². The largest absolute Gasteiger partial charge is 0.408 e. The van der Waals surface area contributed by atoms with Crippen LogP contribution >= 0.6 is 11.6 Å². The second kappa shape index (κ2) is 6.94. The molecule has 1 heterocycles. The van der Waals surface area contributed by atoms with Crippen LogP contribution in [0.4, 0.5) is 18.9 Å². The number of nitrogens with one attached hydrogen (secondary N) is 1. The Morgan fingerprint density at radius 2 is 2.20 bits per heavy atom. The van der Waals surface area contributed by atoms with E-state index in [0.717, 1.165) is 12.6 Å². The molecule has 5 nitrogen and oxygen atoms in total. The van der Waals surface area contributed by atoms with Gasteiger partial charge < -0.3 is 10.4 Å². The Bertz CT molecular complexity index is 505. The summed E-state index contributed by atoms with van der Waals surface area (Å²) in [7, 11) is 0. The number of anilines is 1. The minimum Gasteiger partial charge on any atom is -0.391 e. The quantitative estimate of drug-likeness (QED) is 0.843. The highest BCUT2D eigenvalue weighted by molar-refractivity contribution is 6.32. The number of hydrogen-bond donors (Lipinski definition) is 2. The van der Waals surface area contributed by atoms with Gasteiger partial charge in [0.2, 0.25) is 0 Å². The van der Waals surface area contributed by atoms with Gasteiger partial charge in [-0.05, 0) is 6.42 Å². The Balaban J connectivity index is 2.82. The number of hydrogen-bond acceptors (Lipinski definition) is 4. The first-order valence-electron chi connectivity index (χ1n) is 5.99. The topological polar surface area (TPSA) is 67.2 Å². The van der Waals surface area contributed by atoms with Crippen LogP contribution in [0.2, 0.25) is 5.02 Å². The molecule has 0 fully saturated rings. The van der Waals surface area contributed by atoms with Crippen molar-refractivity contribution in [2.75, 3.05) is 11.9 Å². The van der Waals surface area contributed by atoms with Gasteiger partial charge in [-0.1, -0.05) is 24.9 Å². The molecule has 114 valence electrons. The number of halogens is 4. The molecule has 9 heteroatoms. The van der Waals surface area contributed by atoms with Gasteiger partial charge in [0.1, 0.15) is 11.6 Å². The molecule has 1 aromatic heterocycles. The number of aromatic nitrogens is 2. The molecular weight excluding hydrogens is 299 g/mol. The average molecular weight is 314 g/mol. The lowest BCUT2D eigenvalue weighted by molar-refractivity contribution is -0.143. The Kier molecular flexibility index (Phi) is 5.82. The number of nitrogens with zero attached hydrogens (tertiary/aromatic N) is 2. The molecule has 0 saturated carbocycles. The van der Waals surface area contributed by atoms with Crippen LogP contribution in [0.1, 0.15) is 19.8 Å². The van der Waals surface area contributed by atoms with Crippen molar-refractivity contribution in [2.24, 2.45) is 0 Å². The highest BCUT2D eigenvalue weighted by Gasteiger charge is 2.29. The van der Waals surface area contributed by atoms with E-state index in [0.29, 0.717) is 6.42 Å². The van der Waals surface area contributed by atoms with Gasteiger partial charge in [-0.2, -0.15) is 18.3 Å². The van der Waals surface area contributed by atoms with Crippen LogP contribution in [0.3, 0.4) is 0 Å². The zero-order valence-electron chi connectivity index (χ0n) is 10.7. The Morgan fingerprint density at radius 3 is 2.75 bits per heavy atom. The molecule has 1 rings (SSSR count). The van der Waals surface area contributed by atoms with E-state index in [1.807, 2.05) is 6.92 Å².